The van der Waals surface area contributed by atoms with Crippen molar-refractivity contribution >= 4 is 11.7 Å². The lowest BCUT2D eigenvalue weighted by molar-refractivity contribution is 0.0822. The first-order valence-corrected chi connectivity index (χ1v) is 10.2. The van der Waals surface area contributed by atoms with Gasteiger partial charge in [0.2, 0.25) is 0 Å². The predicted molar refractivity (Wildman–Crippen MR) is 110 cm³/mol. The maximum absolute atomic E-state index is 12.8. The molecule has 5 nitrogen and oxygen atoms in total. The second kappa shape index (κ2) is 7.21. The summed E-state index contributed by atoms with van der Waals surface area (Å²) in [4.78, 5) is 30.7. The van der Waals surface area contributed by atoms with Gasteiger partial charge in [0.05, 0.1) is 0 Å². The van der Waals surface area contributed by atoms with Gasteiger partial charge in [-0.1, -0.05) is 24.3 Å². The van der Waals surface area contributed by atoms with E-state index in [1.54, 1.807) is 0 Å². The Morgan fingerprint density at radius 1 is 1.18 bits per heavy atom. The number of amides is 1. The summed E-state index contributed by atoms with van der Waals surface area (Å²) in [6, 6.07) is 8.59. The fourth-order valence-electron chi connectivity index (χ4n) is 4.51. The molecule has 0 saturated carbocycles. The number of H-pyrrole nitrogens is 1. The van der Waals surface area contributed by atoms with Crippen molar-refractivity contribution in [3.63, 3.8) is 0 Å². The van der Waals surface area contributed by atoms with Gasteiger partial charge in [0.15, 0.2) is 5.78 Å². The molecule has 0 spiro atoms. The number of aromatic amines is 1. The van der Waals surface area contributed by atoms with E-state index in [0.29, 0.717) is 18.7 Å². The third-order valence-corrected chi connectivity index (χ3v) is 6.33. The van der Waals surface area contributed by atoms with Crippen LogP contribution < -0.4 is 5.32 Å². The molecule has 28 heavy (non-hydrogen) atoms. The minimum absolute atomic E-state index is 0.120. The number of Topliss-reactive ketones (excluding diaryl/α,β-unsaturated/α-hetero) is 1. The zero-order chi connectivity index (χ0) is 19.9. The summed E-state index contributed by atoms with van der Waals surface area (Å²) >= 11 is 0. The van der Waals surface area contributed by atoms with Gasteiger partial charge in [-0.15, -0.1) is 0 Å². The maximum Gasteiger partial charge on any atom is 0.268 e. The topological polar surface area (TPSA) is 65.2 Å². The number of carbonyl (C=O) groups excluding carboxylic acids is 2. The van der Waals surface area contributed by atoms with Crippen LogP contribution in [0.2, 0.25) is 0 Å². The van der Waals surface area contributed by atoms with Gasteiger partial charge in [-0.3, -0.25) is 14.5 Å². The van der Waals surface area contributed by atoms with Crippen molar-refractivity contribution in [3.8, 4) is 0 Å². The summed E-state index contributed by atoms with van der Waals surface area (Å²) in [6.07, 6.45) is 3.32. The number of benzene rings is 1. The molecule has 1 aliphatic heterocycles. The van der Waals surface area contributed by atoms with E-state index in [1.165, 1.54) is 11.1 Å². The van der Waals surface area contributed by atoms with E-state index in [2.05, 4.69) is 53.3 Å². The summed E-state index contributed by atoms with van der Waals surface area (Å²) in [7, 11) is 0. The molecule has 148 valence electrons. The predicted octanol–water partition coefficient (Wildman–Crippen LogP) is 3.41. The lowest BCUT2D eigenvalue weighted by Crippen LogP contribution is -2.53. The third-order valence-electron chi connectivity index (χ3n) is 6.33. The highest BCUT2D eigenvalue weighted by Gasteiger charge is 2.31. The second-order valence-electron chi connectivity index (χ2n) is 8.69. The minimum atomic E-state index is -0.154. The first-order chi connectivity index (χ1) is 13.4. The molecule has 1 amide bonds. The van der Waals surface area contributed by atoms with Crippen molar-refractivity contribution in [2.75, 3.05) is 13.1 Å². The Hall–Kier alpha value is -2.40. The van der Waals surface area contributed by atoms with Crippen LogP contribution >= 0.6 is 0 Å². The van der Waals surface area contributed by atoms with E-state index in [0.717, 1.165) is 49.2 Å². The van der Waals surface area contributed by atoms with Gasteiger partial charge in [-0.05, 0) is 56.7 Å². The first-order valence-electron chi connectivity index (χ1n) is 10.2. The van der Waals surface area contributed by atoms with E-state index in [9.17, 15) is 9.59 Å². The van der Waals surface area contributed by atoms with Gasteiger partial charge in [0, 0.05) is 42.9 Å². The number of hydrogen-bond acceptors (Lipinski definition) is 3. The summed E-state index contributed by atoms with van der Waals surface area (Å²) in [5.41, 5.74) is 5.64. The Morgan fingerprint density at radius 3 is 2.68 bits per heavy atom. The molecule has 2 aromatic rings. The van der Waals surface area contributed by atoms with Gasteiger partial charge < -0.3 is 10.3 Å². The van der Waals surface area contributed by atoms with Crippen LogP contribution in [0.25, 0.3) is 0 Å². The smallest absolute Gasteiger partial charge is 0.268 e. The molecule has 0 radical (unpaired) electrons. The van der Waals surface area contributed by atoms with E-state index < -0.39 is 0 Å². The van der Waals surface area contributed by atoms with Crippen molar-refractivity contribution in [2.24, 2.45) is 0 Å². The number of nitrogens with one attached hydrogen (secondary N) is 2. The van der Waals surface area contributed by atoms with Crippen molar-refractivity contribution in [1.29, 1.82) is 0 Å². The molecule has 5 heteroatoms. The van der Waals surface area contributed by atoms with E-state index in [4.69, 9.17) is 0 Å². The molecule has 0 atom stereocenters. The average Bonchev–Trinajstić information content (AvgIpc) is 3.04. The highest BCUT2D eigenvalue weighted by atomic mass is 16.2. The van der Waals surface area contributed by atoms with Crippen LogP contribution in [0.4, 0.5) is 0 Å². The van der Waals surface area contributed by atoms with Crippen LogP contribution in [-0.4, -0.2) is 40.2 Å². The number of nitrogens with zero attached hydrogens (tertiary/aromatic N) is 1. The number of carbonyl (C=O) groups is 2. The summed E-state index contributed by atoms with van der Waals surface area (Å²) < 4.78 is 0. The van der Waals surface area contributed by atoms with Crippen LogP contribution in [0.5, 0.6) is 0 Å². The number of ketones is 1. The molecule has 0 unspecified atom stereocenters. The summed E-state index contributed by atoms with van der Waals surface area (Å²) in [5.74, 6) is 0.0338. The van der Waals surface area contributed by atoms with Crippen LogP contribution in [0.15, 0.2) is 24.3 Å². The second-order valence-corrected chi connectivity index (χ2v) is 8.69. The lowest BCUT2D eigenvalue weighted by atomic mass is 9.93. The van der Waals surface area contributed by atoms with Gasteiger partial charge in [0.1, 0.15) is 5.69 Å². The Balaban J connectivity index is 1.44. The average molecular weight is 380 g/mol. The molecule has 4 rings (SSSR count). The lowest BCUT2D eigenvalue weighted by Gasteiger charge is -2.41. The van der Waals surface area contributed by atoms with E-state index in [1.807, 2.05) is 6.92 Å². The number of aryl methyl sites for hydroxylation is 1. The molecule has 0 saturated heterocycles. The Bertz CT molecular complexity index is 926. The Morgan fingerprint density at radius 2 is 1.93 bits per heavy atom. The molecular formula is C23H29N3O2. The van der Waals surface area contributed by atoms with Gasteiger partial charge in [-0.25, -0.2) is 0 Å². The van der Waals surface area contributed by atoms with Crippen molar-refractivity contribution in [2.45, 2.75) is 58.5 Å². The monoisotopic (exact) mass is 379 g/mol. The SMILES string of the molecule is Cc1c(C(=O)NCC(C)(C)N2CCc3ccccc3C2)[nH]c2c1C(=O)CCC2. The zero-order valence-corrected chi connectivity index (χ0v) is 17.0. The highest BCUT2D eigenvalue weighted by Crippen LogP contribution is 2.27. The normalized spacial score (nSPS) is 17.2. The summed E-state index contributed by atoms with van der Waals surface area (Å²) in [6.45, 7) is 8.69. The van der Waals surface area contributed by atoms with Crippen LogP contribution in [-0.2, 0) is 19.4 Å². The molecule has 2 aliphatic rings. The molecule has 2 heterocycles. The highest BCUT2D eigenvalue weighted by molar-refractivity contribution is 6.04. The van der Waals surface area contributed by atoms with Crippen molar-refractivity contribution < 1.29 is 9.59 Å². The fourth-order valence-corrected chi connectivity index (χ4v) is 4.51. The molecule has 1 aromatic carbocycles. The van der Waals surface area contributed by atoms with E-state index in [-0.39, 0.29) is 17.2 Å². The molecule has 0 fully saturated rings. The van der Waals surface area contributed by atoms with Gasteiger partial charge in [0.25, 0.3) is 5.91 Å². The molecule has 2 N–H and O–H groups in total. The van der Waals surface area contributed by atoms with Crippen LogP contribution in [0, 0.1) is 6.92 Å². The fraction of sp³-hybridized carbons (Fsp3) is 0.478. The van der Waals surface area contributed by atoms with E-state index >= 15 is 0 Å². The minimum Gasteiger partial charge on any atom is -0.354 e. The Kier molecular flexibility index (Phi) is 4.88. The van der Waals surface area contributed by atoms with Crippen molar-refractivity contribution in [1.82, 2.24) is 15.2 Å². The molecular weight excluding hydrogens is 350 g/mol. The van der Waals surface area contributed by atoms with Gasteiger partial charge >= 0.3 is 0 Å². The largest absolute Gasteiger partial charge is 0.354 e. The first kappa shape index (κ1) is 18.9. The molecule has 1 aromatic heterocycles. The number of aromatic nitrogens is 1. The summed E-state index contributed by atoms with van der Waals surface area (Å²) in [5, 5.41) is 3.10. The molecule has 1 aliphatic carbocycles. The quantitative estimate of drug-likeness (QED) is 0.856. The maximum atomic E-state index is 12.8. The Labute approximate surface area is 166 Å². The number of rotatable bonds is 4. The van der Waals surface area contributed by atoms with Crippen LogP contribution in [0.1, 0.15) is 69.9 Å². The van der Waals surface area contributed by atoms with Gasteiger partial charge in [-0.2, -0.15) is 0 Å². The number of hydrogen-bond donors (Lipinski definition) is 2. The van der Waals surface area contributed by atoms with Crippen LogP contribution in [0.3, 0.4) is 0 Å². The zero-order valence-electron chi connectivity index (χ0n) is 17.0. The standard InChI is InChI=1S/C23H29N3O2/c1-15-20-18(9-6-10-19(20)27)25-21(15)22(28)24-14-23(2,3)26-12-11-16-7-4-5-8-17(16)13-26/h4-5,7-8,25H,6,9-14H2,1-3H3,(H,24,28). The molecule has 0 bridgehead atoms. The van der Waals surface area contributed by atoms with Crippen molar-refractivity contribution in [3.05, 3.63) is 57.9 Å². The number of fused-ring (bicyclic) bond motifs is 2. The third kappa shape index (κ3) is 3.39.